The minimum atomic E-state index is -0.149. The van der Waals surface area contributed by atoms with Crippen molar-refractivity contribution in [3.8, 4) is 0 Å². The van der Waals surface area contributed by atoms with Gasteiger partial charge in [-0.3, -0.25) is 0 Å². The highest BCUT2D eigenvalue weighted by atomic mass is 35.5. The predicted molar refractivity (Wildman–Crippen MR) is 59.6 cm³/mol. The third kappa shape index (κ3) is 2.01. The lowest BCUT2D eigenvalue weighted by molar-refractivity contribution is 0.143. The Balaban J connectivity index is 2.53. The van der Waals surface area contributed by atoms with Crippen LogP contribution in [0.15, 0.2) is 12.1 Å². The lowest BCUT2D eigenvalue weighted by Crippen LogP contribution is -1.99. The minimum absolute atomic E-state index is 0.149. The highest BCUT2D eigenvalue weighted by molar-refractivity contribution is 6.35. The third-order valence-electron chi connectivity index (χ3n) is 2.29. The van der Waals surface area contributed by atoms with Gasteiger partial charge in [0, 0.05) is 10.0 Å². The van der Waals surface area contributed by atoms with E-state index in [0.717, 1.165) is 17.5 Å². The maximum atomic E-state index is 6.15. The van der Waals surface area contributed by atoms with E-state index in [1.165, 1.54) is 0 Å². The molecule has 2 rings (SSSR count). The molecule has 76 valence electrons. The van der Waals surface area contributed by atoms with Crippen molar-refractivity contribution >= 4 is 34.8 Å². The molecule has 1 aromatic carbocycles. The summed E-state index contributed by atoms with van der Waals surface area (Å²) in [6, 6.07) is 3.62. The Hall–Kier alpha value is 0.0500. The molecule has 0 N–H and O–H groups in total. The molecule has 1 aromatic rings. The Bertz CT molecular complexity index is 351. The van der Waals surface area contributed by atoms with E-state index < -0.39 is 0 Å². The van der Waals surface area contributed by atoms with E-state index in [4.69, 9.17) is 39.5 Å². The molecule has 1 nitrogen and oxygen atoms in total. The van der Waals surface area contributed by atoms with Crippen LogP contribution in [0.5, 0.6) is 0 Å². The molecule has 1 aliphatic rings. The first-order valence-electron chi connectivity index (χ1n) is 4.38. The Morgan fingerprint density at radius 2 is 2.07 bits per heavy atom. The molecule has 0 fully saturated rings. The molecule has 0 spiro atoms. The number of rotatable bonds is 0. The zero-order valence-electron chi connectivity index (χ0n) is 7.40. The number of benzene rings is 1. The molecule has 1 unspecified atom stereocenters. The van der Waals surface area contributed by atoms with Crippen LogP contribution in [0.25, 0.3) is 0 Å². The van der Waals surface area contributed by atoms with Gasteiger partial charge in [0.25, 0.3) is 0 Å². The van der Waals surface area contributed by atoms with Gasteiger partial charge in [0.15, 0.2) is 0 Å². The summed E-state index contributed by atoms with van der Waals surface area (Å²) in [7, 11) is 0. The van der Waals surface area contributed by atoms with Crippen LogP contribution in [0.4, 0.5) is 0 Å². The smallest absolute Gasteiger partial charge is 0.0822 e. The van der Waals surface area contributed by atoms with Crippen molar-refractivity contribution in [2.24, 2.45) is 0 Å². The molecule has 0 saturated heterocycles. The fourth-order valence-corrected chi connectivity index (χ4v) is 2.50. The van der Waals surface area contributed by atoms with Crippen LogP contribution in [-0.2, 0) is 11.2 Å². The van der Waals surface area contributed by atoms with Crippen molar-refractivity contribution in [1.82, 2.24) is 0 Å². The topological polar surface area (TPSA) is 9.23 Å². The zero-order chi connectivity index (χ0) is 10.1. The first-order chi connectivity index (χ1) is 6.68. The lowest BCUT2D eigenvalue weighted by atomic mass is 10.0. The van der Waals surface area contributed by atoms with E-state index in [0.29, 0.717) is 23.3 Å². The second-order valence-corrected chi connectivity index (χ2v) is 4.62. The number of alkyl halides is 1. The van der Waals surface area contributed by atoms with E-state index >= 15 is 0 Å². The van der Waals surface area contributed by atoms with Gasteiger partial charge in [0.2, 0.25) is 0 Å². The summed E-state index contributed by atoms with van der Waals surface area (Å²) < 4.78 is 5.35. The fourth-order valence-electron chi connectivity index (χ4n) is 1.62. The first-order valence-corrected chi connectivity index (χ1v) is 5.57. The molecule has 0 radical (unpaired) electrons. The highest BCUT2D eigenvalue weighted by Crippen LogP contribution is 2.34. The third-order valence-corrected chi connectivity index (χ3v) is 3.21. The highest BCUT2D eigenvalue weighted by Gasteiger charge is 2.19. The second kappa shape index (κ2) is 4.28. The van der Waals surface area contributed by atoms with Gasteiger partial charge in [0.05, 0.1) is 18.6 Å². The number of halogens is 3. The molecule has 4 heteroatoms. The van der Waals surface area contributed by atoms with Crippen LogP contribution in [0.1, 0.15) is 16.5 Å². The van der Waals surface area contributed by atoms with Crippen LogP contribution in [-0.4, -0.2) is 13.2 Å². The van der Waals surface area contributed by atoms with E-state index in [2.05, 4.69) is 0 Å². The molecule has 14 heavy (non-hydrogen) atoms. The maximum absolute atomic E-state index is 6.15. The van der Waals surface area contributed by atoms with Gasteiger partial charge in [-0.1, -0.05) is 23.2 Å². The summed E-state index contributed by atoms with van der Waals surface area (Å²) in [5.74, 6) is 0. The number of fused-ring (bicyclic) bond motifs is 1. The Labute approximate surface area is 97.9 Å². The largest absolute Gasteiger partial charge is 0.379 e. The molecule has 0 aromatic heterocycles. The van der Waals surface area contributed by atoms with Crippen LogP contribution in [0.3, 0.4) is 0 Å². The summed E-state index contributed by atoms with van der Waals surface area (Å²) in [6.45, 7) is 1.18. The van der Waals surface area contributed by atoms with Crippen molar-refractivity contribution in [2.75, 3.05) is 13.2 Å². The monoisotopic (exact) mass is 250 g/mol. The molecular weight excluding hydrogens is 242 g/mol. The SMILES string of the molecule is Clc1cc(Cl)c2c(c1)C(Cl)COCC2. The lowest BCUT2D eigenvalue weighted by Gasteiger charge is -2.11. The van der Waals surface area contributed by atoms with Crippen LogP contribution < -0.4 is 0 Å². The van der Waals surface area contributed by atoms with Crippen LogP contribution in [0.2, 0.25) is 10.0 Å². The number of hydrogen-bond donors (Lipinski definition) is 0. The quantitative estimate of drug-likeness (QED) is 0.637. The Morgan fingerprint density at radius 3 is 2.86 bits per heavy atom. The van der Waals surface area contributed by atoms with E-state index in [9.17, 15) is 0 Å². The van der Waals surface area contributed by atoms with Gasteiger partial charge in [-0.05, 0) is 29.7 Å². The van der Waals surface area contributed by atoms with Crippen LogP contribution >= 0.6 is 34.8 Å². The Morgan fingerprint density at radius 1 is 1.29 bits per heavy atom. The van der Waals surface area contributed by atoms with Crippen LogP contribution in [0, 0.1) is 0 Å². The average molecular weight is 252 g/mol. The molecular formula is C10H9Cl3O. The fraction of sp³-hybridized carbons (Fsp3) is 0.400. The van der Waals surface area contributed by atoms with Crippen molar-refractivity contribution < 1.29 is 4.74 Å². The predicted octanol–water partition coefficient (Wildman–Crippen LogP) is 3.85. The van der Waals surface area contributed by atoms with Gasteiger partial charge >= 0.3 is 0 Å². The molecule has 1 heterocycles. The minimum Gasteiger partial charge on any atom is -0.379 e. The Kier molecular flexibility index (Phi) is 3.23. The molecule has 0 saturated carbocycles. The van der Waals surface area contributed by atoms with Gasteiger partial charge in [0.1, 0.15) is 0 Å². The first kappa shape index (κ1) is 10.6. The molecule has 1 atom stereocenters. The molecule has 0 bridgehead atoms. The normalized spacial score (nSPS) is 21.5. The van der Waals surface area contributed by atoms with Crippen molar-refractivity contribution in [3.05, 3.63) is 33.3 Å². The van der Waals surface area contributed by atoms with E-state index in [1.807, 2.05) is 6.07 Å². The van der Waals surface area contributed by atoms with Gasteiger partial charge in [-0.25, -0.2) is 0 Å². The summed E-state index contributed by atoms with van der Waals surface area (Å²) in [5, 5.41) is 1.16. The summed E-state index contributed by atoms with van der Waals surface area (Å²) in [4.78, 5) is 0. The second-order valence-electron chi connectivity index (χ2n) is 3.25. The molecule has 0 aliphatic carbocycles. The summed E-state index contributed by atoms with van der Waals surface area (Å²) in [5.41, 5.74) is 2.07. The summed E-state index contributed by atoms with van der Waals surface area (Å²) >= 11 is 18.2. The number of hydrogen-bond acceptors (Lipinski definition) is 1. The van der Waals surface area contributed by atoms with Gasteiger partial charge in [-0.2, -0.15) is 0 Å². The molecule has 0 amide bonds. The summed E-state index contributed by atoms with van der Waals surface area (Å²) in [6.07, 6.45) is 0.800. The van der Waals surface area contributed by atoms with Crippen molar-refractivity contribution in [2.45, 2.75) is 11.8 Å². The zero-order valence-corrected chi connectivity index (χ0v) is 9.66. The van der Waals surface area contributed by atoms with Gasteiger partial charge in [-0.15, -0.1) is 11.6 Å². The standard InChI is InChI=1S/C10H9Cl3O/c11-6-3-8-7(9(12)4-6)1-2-14-5-10(8)13/h3-4,10H,1-2,5H2. The van der Waals surface area contributed by atoms with Crippen molar-refractivity contribution in [1.29, 1.82) is 0 Å². The maximum Gasteiger partial charge on any atom is 0.0822 e. The number of ether oxygens (including phenoxy) is 1. The van der Waals surface area contributed by atoms with Crippen molar-refractivity contribution in [3.63, 3.8) is 0 Å². The molecule has 1 aliphatic heterocycles. The van der Waals surface area contributed by atoms with E-state index in [-0.39, 0.29) is 5.38 Å². The van der Waals surface area contributed by atoms with E-state index in [1.54, 1.807) is 6.07 Å². The average Bonchev–Trinajstić information content (AvgIpc) is 2.29. The van der Waals surface area contributed by atoms with Gasteiger partial charge < -0.3 is 4.74 Å².